The van der Waals surface area contributed by atoms with Crippen molar-refractivity contribution in [3.63, 3.8) is 0 Å². The Morgan fingerprint density at radius 1 is 1.13 bits per heavy atom. The normalized spacial score (nSPS) is 11.0. The van der Waals surface area contributed by atoms with Crippen molar-refractivity contribution in [1.29, 1.82) is 0 Å². The van der Waals surface area contributed by atoms with Crippen LogP contribution >= 0.6 is 0 Å². The van der Waals surface area contributed by atoms with Crippen LogP contribution in [0, 0.1) is 0 Å². The molecule has 0 spiro atoms. The minimum Gasteiger partial charge on any atom is -0.336 e. The number of fused-ring (bicyclic) bond motifs is 1. The maximum Gasteiger partial charge on any atom is 0.292 e. The van der Waals surface area contributed by atoms with Crippen molar-refractivity contribution in [2.24, 2.45) is 0 Å². The van der Waals surface area contributed by atoms with Crippen LogP contribution in [0.25, 0.3) is 11.3 Å². The number of benzene rings is 1. The monoisotopic (exact) mass is 313 g/mol. The molecule has 0 aliphatic rings. The Morgan fingerprint density at radius 3 is 2.74 bits per heavy atom. The molecule has 2 aromatic heterocycles. The van der Waals surface area contributed by atoms with Crippen molar-refractivity contribution in [3.05, 3.63) is 40.2 Å². The van der Waals surface area contributed by atoms with Crippen LogP contribution in [0.5, 0.6) is 0 Å². The highest BCUT2D eigenvalue weighted by molar-refractivity contribution is 5.67. The molecule has 2 heterocycles. The van der Waals surface area contributed by atoms with Crippen LogP contribution in [-0.4, -0.2) is 20.3 Å². The largest absolute Gasteiger partial charge is 0.336 e. The van der Waals surface area contributed by atoms with Crippen molar-refractivity contribution in [1.82, 2.24) is 20.3 Å². The predicted molar refractivity (Wildman–Crippen MR) is 87.8 cm³/mol. The molecule has 0 aliphatic heterocycles. The maximum atomic E-state index is 11.9. The first-order valence-corrected chi connectivity index (χ1v) is 7.85. The minimum absolute atomic E-state index is 0.170. The van der Waals surface area contributed by atoms with Gasteiger partial charge in [-0.05, 0) is 40.9 Å². The Hall–Kier alpha value is -2.70. The molecule has 7 nitrogen and oxygen atoms in total. The Balaban J connectivity index is 1.67. The molecule has 0 saturated carbocycles. The molecule has 0 radical (unpaired) electrons. The summed E-state index contributed by atoms with van der Waals surface area (Å²) >= 11 is 0. The molecule has 3 rings (SSSR count). The van der Waals surface area contributed by atoms with E-state index >= 15 is 0 Å². The smallest absolute Gasteiger partial charge is 0.292 e. The average molecular weight is 313 g/mol. The number of nitrogens with one attached hydrogen (secondary N) is 2. The van der Waals surface area contributed by atoms with Gasteiger partial charge in [0.25, 0.3) is 5.56 Å². The van der Waals surface area contributed by atoms with E-state index in [4.69, 9.17) is 0 Å². The third-order valence-electron chi connectivity index (χ3n) is 3.67. The Kier molecular flexibility index (Phi) is 4.65. The van der Waals surface area contributed by atoms with Gasteiger partial charge in [0.05, 0.1) is 0 Å². The summed E-state index contributed by atoms with van der Waals surface area (Å²) in [4.78, 5) is 18.6. The Morgan fingerprint density at radius 2 is 1.96 bits per heavy atom. The van der Waals surface area contributed by atoms with Crippen LogP contribution in [0.4, 0.5) is 11.5 Å². The van der Waals surface area contributed by atoms with E-state index in [9.17, 15) is 4.79 Å². The van der Waals surface area contributed by atoms with E-state index in [0.717, 1.165) is 12.1 Å². The second-order valence-electron chi connectivity index (χ2n) is 5.48. The molecule has 0 atom stereocenters. The lowest BCUT2D eigenvalue weighted by atomic mass is 10.1. The maximum absolute atomic E-state index is 11.9. The van der Waals surface area contributed by atoms with Gasteiger partial charge >= 0.3 is 0 Å². The van der Waals surface area contributed by atoms with Crippen molar-refractivity contribution in [2.45, 2.75) is 39.0 Å². The number of aryl methyl sites for hydroxylation is 1. The molecule has 120 valence electrons. The summed E-state index contributed by atoms with van der Waals surface area (Å²) in [5.41, 5.74) is 2.24. The molecule has 2 N–H and O–H groups in total. The van der Waals surface area contributed by atoms with Gasteiger partial charge in [-0.3, -0.25) is 9.78 Å². The topological polar surface area (TPSA) is 96.7 Å². The van der Waals surface area contributed by atoms with Gasteiger partial charge in [-0.15, -0.1) is 0 Å². The van der Waals surface area contributed by atoms with Crippen molar-refractivity contribution in [3.8, 4) is 0 Å². The van der Waals surface area contributed by atoms with Gasteiger partial charge in [-0.2, -0.15) is 4.98 Å². The number of nitrogens with zero attached hydrogens (tertiary/aromatic N) is 3. The lowest BCUT2D eigenvalue weighted by Gasteiger charge is -2.06. The summed E-state index contributed by atoms with van der Waals surface area (Å²) in [6.45, 7) is 2.21. The van der Waals surface area contributed by atoms with Gasteiger partial charge in [0.2, 0.25) is 11.3 Å². The van der Waals surface area contributed by atoms with Crippen LogP contribution in [0.3, 0.4) is 0 Å². The van der Waals surface area contributed by atoms with E-state index in [2.05, 4.69) is 49.3 Å². The molecule has 0 unspecified atom stereocenters. The number of aromatic nitrogens is 4. The number of rotatable bonds is 7. The first-order valence-electron chi connectivity index (χ1n) is 7.85. The predicted octanol–water partition coefficient (Wildman–Crippen LogP) is 3.17. The average Bonchev–Trinajstić information content (AvgIpc) is 3.00. The molecule has 3 aromatic rings. The van der Waals surface area contributed by atoms with E-state index in [1.54, 1.807) is 0 Å². The molecule has 0 bridgehead atoms. The number of hydrogen-bond donors (Lipinski definition) is 2. The molecule has 0 fully saturated rings. The molecule has 1 aromatic carbocycles. The number of unbranched alkanes of at least 4 members (excludes halogenated alkanes) is 3. The van der Waals surface area contributed by atoms with Crippen LogP contribution in [-0.2, 0) is 6.42 Å². The fourth-order valence-electron chi connectivity index (χ4n) is 2.39. The van der Waals surface area contributed by atoms with Gasteiger partial charge in [0.1, 0.15) is 0 Å². The first-order chi connectivity index (χ1) is 11.3. The van der Waals surface area contributed by atoms with Crippen molar-refractivity contribution >= 4 is 22.8 Å². The summed E-state index contributed by atoms with van der Waals surface area (Å²) in [6.07, 6.45) is 6.08. The van der Waals surface area contributed by atoms with Gasteiger partial charge in [0, 0.05) is 5.69 Å². The minimum atomic E-state index is -0.364. The zero-order valence-electron chi connectivity index (χ0n) is 13.0. The highest BCUT2D eigenvalue weighted by Gasteiger charge is 2.08. The molecule has 0 saturated heterocycles. The zero-order chi connectivity index (χ0) is 16.1. The van der Waals surface area contributed by atoms with Gasteiger partial charge in [-0.1, -0.05) is 38.3 Å². The van der Waals surface area contributed by atoms with Crippen LogP contribution in [0.2, 0.25) is 0 Å². The number of hydrogen-bond acceptors (Lipinski definition) is 6. The van der Waals surface area contributed by atoms with Gasteiger partial charge < -0.3 is 5.32 Å². The van der Waals surface area contributed by atoms with Gasteiger partial charge in [0.15, 0.2) is 5.82 Å². The fourth-order valence-corrected chi connectivity index (χ4v) is 2.39. The van der Waals surface area contributed by atoms with Crippen molar-refractivity contribution < 1.29 is 4.63 Å². The van der Waals surface area contributed by atoms with E-state index in [1.165, 1.54) is 31.2 Å². The van der Waals surface area contributed by atoms with Crippen LogP contribution in [0.15, 0.2) is 33.7 Å². The number of H-pyrrole nitrogens is 1. The number of aromatic amines is 1. The summed E-state index contributed by atoms with van der Waals surface area (Å²) in [7, 11) is 0. The third-order valence-corrected chi connectivity index (χ3v) is 3.67. The van der Waals surface area contributed by atoms with Gasteiger partial charge in [-0.25, -0.2) is 4.63 Å². The summed E-state index contributed by atoms with van der Waals surface area (Å²) in [6, 6.07) is 8.03. The Labute approximate surface area is 133 Å². The first kappa shape index (κ1) is 15.2. The lowest BCUT2D eigenvalue weighted by molar-refractivity contribution is 0.314. The van der Waals surface area contributed by atoms with E-state index in [0.29, 0.717) is 0 Å². The standard InChI is InChI=1S/C16H19N5O2/c1-2-3-4-5-6-11-7-9-12(10-8-11)17-15-16(22)19-14-13(18-15)20-23-21-14/h7-10H,2-6H2,1H3,(H,17,18,20)(H,19,21,22). The molecule has 23 heavy (non-hydrogen) atoms. The summed E-state index contributed by atoms with van der Waals surface area (Å²) in [5.74, 6) is 0.170. The third kappa shape index (κ3) is 3.74. The lowest BCUT2D eigenvalue weighted by Crippen LogP contribution is -2.13. The quantitative estimate of drug-likeness (QED) is 0.650. The molecule has 7 heteroatoms. The zero-order valence-corrected chi connectivity index (χ0v) is 13.0. The SMILES string of the molecule is CCCCCCc1ccc(Nc2nc3nonc3[nH]c2=O)cc1. The fraction of sp³-hybridized carbons (Fsp3) is 0.375. The van der Waals surface area contributed by atoms with Crippen molar-refractivity contribution in [2.75, 3.05) is 5.32 Å². The second kappa shape index (κ2) is 7.04. The Bertz CT molecular complexity index is 822. The molecule has 0 aliphatic carbocycles. The van der Waals surface area contributed by atoms with E-state index < -0.39 is 0 Å². The molecular weight excluding hydrogens is 294 g/mol. The van der Waals surface area contributed by atoms with E-state index in [1.807, 2.05) is 12.1 Å². The van der Waals surface area contributed by atoms with Crippen LogP contribution < -0.4 is 10.9 Å². The highest BCUT2D eigenvalue weighted by atomic mass is 16.6. The summed E-state index contributed by atoms with van der Waals surface area (Å²) < 4.78 is 4.54. The number of anilines is 2. The second-order valence-corrected chi connectivity index (χ2v) is 5.48. The highest BCUT2D eigenvalue weighted by Crippen LogP contribution is 2.15. The van der Waals surface area contributed by atoms with Crippen LogP contribution in [0.1, 0.15) is 38.2 Å². The molecule has 0 amide bonds. The van der Waals surface area contributed by atoms with E-state index in [-0.39, 0.29) is 22.7 Å². The molecular formula is C16H19N5O2. The summed E-state index contributed by atoms with van der Waals surface area (Å²) in [5, 5.41) is 10.2.